The van der Waals surface area contributed by atoms with Crippen molar-refractivity contribution in [2.24, 2.45) is 23.7 Å². The molecule has 0 bridgehead atoms. The third-order valence-electron chi connectivity index (χ3n) is 7.58. The van der Waals surface area contributed by atoms with Crippen LogP contribution in [0.15, 0.2) is 78.9 Å². The summed E-state index contributed by atoms with van der Waals surface area (Å²) in [5.41, 5.74) is -0.390. The zero-order valence-electron chi connectivity index (χ0n) is 17.1. The Morgan fingerprint density at radius 2 is 1.17 bits per heavy atom. The van der Waals surface area contributed by atoms with E-state index in [1.54, 1.807) is 5.19 Å². The first-order valence-electron chi connectivity index (χ1n) is 10.8. The fourth-order valence-corrected chi connectivity index (χ4v) is 31.8. The molecule has 0 N–H and O–H groups in total. The number of allylic oxidation sites excluding steroid dienone is 8. The minimum Gasteiger partial charge on any atom is -1.00 e. The number of rotatable bonds is 3. The van der Waals surface area contributed by atoms with Crippen molar-refractivity contribution in [2.75, 3.05) is 0 Å². The number of benzene rings is 1. The summed E-state index contributed by atoms with van der Waals surface area (Å²) in [5, 5.41) is 1.73. The normalized spacial score (nSPS) is 33.1. The van der Waals surface area contributed by atoms with Gasteiger partial charge in [-0.25, -0.2) is 0 Å². The standard InChI is InChI=1S/2C9H11.C7H8Si.2ClH.Zr/c2*1-2-5-9-7-3-6-8(9)4-1;1-8-7-5-3-2-4-6-7;;;/h2*1-2,4-6,8-9H,3,7H2;2-6H,1H3;2*1H;/q;;;;;+2/p-2. The number of halogens is 2. The van der Waals surface area contributed by atoms with Crippen molar-refractivity contribution >= 4 is 10.6 Å². The van der Waals surface area contributed by atoms with Crippen molar-refractivity contribution in [2.45, 2.75) is 39.5 Å². The van der Waals surface area contributed by atoms with Crippen LogP contribution in [0.4, 0.5) is 0 Å². The molecule has 2 fully saturated rings. The fraction of sp³-hybridized carbons (Fsp3) is 0.440. The summed E-state index contributed by atoms with van der Waals surface area (Å²) in [6, 6.07) is 11.7. The molecule has 6 unspecified atom stereocenters. The predicted octanol–water partition coefficient (Wildman–Crippen LogP) is 0.0225. The van der Waals surface area contributed by atoms with Gasteiger partial charge < -0.3 is 24.8 Å². The largest absolute Gasteiger partial charge is 1.00 e. The molecule has 2 saturated carbocycles. The first kappa shape index (κ1) is 23.5. The molecule has 4 aliphatic rings. The van der Waals surface area contributed by atoms with Crippen LogP contribution in [0.1, 0.15) is 25.7 Å². The Hall–Kier alpha value is -0.140. The molecule has 5 rings (SSSR count). The molecule has 29 heavy (non-hydrogen) atoms. The summed E-state index contributed by atoms with van der Waals surface area (Å²) in [6.07, 6.45) is 25.5. The number of hydrogen-bond acceptors (Lipinski definition) is 0. The van der Waals surface area contributed by atoms with Gasteiger partial charge in [0.15, 0.2) is 0 Å². The van der Waals surface area contributed by atoms with E-state index in [-0.39, 0.29) is 30.2 Å². The van der Waals surface area contributed by atoms with Gasteiger partial charge in [0.05, 0.1) is 0 Å². The van der Waals surface area contributed by atoms with Crippen LogP contribution in [0.2, 0.25) is 13.8 Å². The smallest absolute Gasteiger partial charge is 1.00 e. The molecule has 0 saturated heterocycles. The Morgan fingerprint density at radius 3 is 1.69 bits per heavy atom. The second-order valence-electron chi connectivity index (χ2n) is 8.84. The van der Waals surface area contributed by atoms with Gasteiger partial charge in [0.1, 0.15) is 0 Å². The van der Waals surface area contributed by atoms with Crippen LogP contribution >= 0.6 is 0 Å². The maximum absolute atomic E-state index is 2.71. The summed E-state index contributed by atoms with van der Waals surface area (Å²) in [5.74, 6) is 3.44. The Balaban J connectivity index is 0.00000120. The summed E-state index contributed by atoms with van der Waals surface area (Å²) < 4.78 is 2.14. The van der Waals surface area contributed by atoms with Crippen LogP contribution in [0.25, 0.3) is 0 Å². The Bertz CT molecular complexity index is 809. The number of fused-ring (bicyclic) bond motifs is 2. The summed E-state index contributed by atoms with van der Waals surface area (Å²) in [4.78, 5) is 0. The van der Waals surface area contributed by atoms with E-state index in [0.717, 1.165) is 30.9 Å². The molecule has 4 aliphatic carbocycles. The van der Waals surface area contributed by atoms with Crippen molar-refractivity contribution < 1.29 is 45.2 Å². The first-order chi connectivity index (χ1) is 13.3. The van der Waals surface area contributed by atoms with E-state index in [9.17, 15) is 0 Å². The van der Waals surface area contributed by atoms with Gasteiger partial charge in [-0.3, -0.25) is 0 Å². The van der Waals surface area contributed by atoms with Gasteiger partial charge in [0.25, 0.3) is 0 Å². The van der Waals surface area contributed by atoms with E-state index in [4.69, 9.17) is 0 Å². The van der Waals surface area contributed by atoms with Crippen molar-refractivity contribution in [3.8, 4) is 0 Å². The summed E-state index contributed by atoms with van der Waals surface area (Å²) >= 11 is -1.66. The molecule has 0 heterocycles. The topological polar surface area (TPSA) is 0 Å². The molecular formula is C25H30Cl2SiZr. The van der Waals surface area contributed by atoms with Crippen molar-refractivity contribution in [3.63, 3.8) is 0 Å². The van der Waals surface area contributed by atoms with Crippen molar-refractivity contribution in [3.05, 3.63) is 78.9 Å². The maximum Gasteiger partial charge on any atom is -1.00 e. The molecule has 6 atom stereocenters. The van der Waals surface area contributed by atoms with Gasteiger partial charge in [-0.05, 0) is 0 Å². The Morgan fingerprint density at radius 1 is 0.690 bits per heavy atom. The molecule has 0 amide bonds. The molecule has 0 aromatic heterocycles. The van der Waals surface area contributed by atoms with Gasteiger partial charge in [-0.1, -0.05) is 0 Å². The average Bonchev–Trinajstić information content (AvgIpc) is 3.34. The molecule has 4 heteroatoms. The fourth-order valence-electron chi connectivity index (χ4n) is 6.32. The summed E-state index contributed by atoms with van der Waals surface area (Å²) in [7, 11) is 0. The van der Waals surface area contributed by atoms with Crippen LogP contribution in [0.3, 0.4) is 0 Å². The van der Waals surface area contributed by atoms with Crippen LogP contribution in [-0.2, 0) is 20.4 Å². The van der Waals surface area contributed by atoms with Gasteiger partial charge in [-0.15, -0.1) is 0 Å². The molecule has 0 spiro atoms. The van der Waals surface area contributed by atoms with Crippen LogP contribution in [-0.4, -0.2) is 5.43 Å². The second kappa shape index (κ2) is 10.4. The molecule has 0 radical (unpaired) electrons. The monoisotopic (exact) mass is 518 g/mol. The molecule has 152 valence electrons. The molecular weight excluding hydrogens is 490 g/mol. The van der Waals surface area contributed by atoms with E-state index in [0.29, 0.717) is 0 Å². The second-order valence-corrected chi connectivity index (χ2v) is 25.5. The molecule has 1 aromatic rings. The van der Waals surface area contributed by atoms with Gasteiger partial charge in [-0.2, -0.15) is 0 Å². The van der Waals surface area contributed by atoms with E-state index < -0.39 is 20.4 Å². The van der Waals surface area contributed by atoms with Gasteiger partial charge in [0.2, 0.25) is 0 Å². The zero-order valence-corrected chi connectivity index (χ0v) is 22.0. The summed E-state index contributed by atoms with van der Waals surface area (Å²) in [6.45, 7) is 2.71. The number of hydrogen-bond donors (Lipinski definition) is 0. The van der Waals surface area contributed by atoms with E-state index in [1.807, 2.05) is 0 Å². The van der Waals surface area contributed by atoms with Crippen molar-refractivity contribution in [1.82, 2.24) is 0 Å². The minimum absolute atomic E-state index is 0. The quantitative estimate of drug-likeness (QED) is 0.494. The van der Waals surface area contributed by atoms with Crippen molar-refractivity contribution in [1.29, 1.82) is 0 Å². The Labute approximate surface area is 196 Å². The van der Waals surface area contributed by atoms with E-state index in [1.165, 1.54) is 25.7 Å². The van der Waals surface area contributed by atoms with E-state index in [2.05, 4.69) is 85.5 Å². The minimum atomic E-state index is -1.66. The molecule has 0 aliphatic heterocycles. The van der Waals surface area contributed by atoms with Crippen LogP contribution in [0, 0.1) is 23.7 Å². The SMILES string of the molecule is C[Si](c1ccccc1)=[Zr+2]([CH]1CCC2C=CC=CC21)[CH]1CCC2C=CC=CC21.[Cl-].[Cl-]. The maximum atomic E-state index is 2.71. The predicted molar refractivity (Wildman–Crippen MR) is 114 cm³/mol. The molecule has 1 aromatic carbocycles. The van der Waals surface area contributed by atoms with Crippen LogP contribution in [0.5, 0.6) is 0 Å². The average molecular weight is 521 g/mol. The zero-order chi connectivity index (χ0) is 18.2. The van der Waals surface area contributed by atoms with Gasteiger partial charge in [0, 0.05) is 0 Å². The third-order valence-corrected chi connectivity index (χ3v) is 29.8. The third kappa shape index (κ3) is 4.57. The van der Waals surface area contributed by atoms with Crippen LogP contribution < -0.4 is 30.0 Å². The van der Waals surface area contributed by atoms with E-state index >= 15 is 0 Å². The van der Waals surface area contributed by atoms with Gasteiger partial charge >= 0.3 is 173 Å². The molecule has 0 nitrogen and oxygen atoms in total. The Kier molecular flexibility index (Phi) is 8.47. The first-order valence-corrected chi connectivity index (χ1v) is 19.3.